The molecule has 0 saturated heterocycles. The highest BCUT2D eigenvalue weighted by molar-refractivity contribution is 7.99. The van der Waals surface area contributed by atoms with E-state index < -0.39 is 11.9 Å². The van der Waals surface area contributed by atoms with Crippen LogP contribution in [0, 0.1) is 0 Å². The predicted octanol–water partition coefficient (Wildman–Crippen LogP) is 0.108. The van der Waals surface area contributed by atoms with Crippen molar-refractivity contribution in [1.29, 1.82) is 0 Å². The molecule has 0 radical (unpaired) electrons. The van der Waals surface area contributed by atoms with Crippen LogP contribution in [0.5, 0.6) is 0 Å². The molecule has 3 nitrogen and oxygen atoms in total. The summed E-state index contributed by atoms with van der Waals surface area (Å²) in [7, 11) is 0. The fourth-order valence-electron chi connectivity index (χ4n) is 0.519. The summed E-state index contributed by atoms with van der Waals surface area (Å²) >= 11 is 1.69. The van der Waals surface area contributed by atoms with Crippen molar-refractivity contribution in [2.45, 2.75) is 12.5 Å². The van der Waals surface area contributed by atoms with Gasteiger partial charge >= 0.3 is 0 Å². The molecule has 1 amide bonds. The van der Waals surface area contributed by atoms with Crippen molar-refractivity contribution < 1.29 is 4.79 Å². The summed E-state index contributed by atoms with van der Waals surface area (Å²) in [5.74, 6) is 1.32. The van der Waals surface area contributed by atoms with Gasteiger partial charge in [0.1, 0.15) is 0 Å². The molecule has 0 aromatic heterocycles. The average Bonchev–Trinajstić information content (AvgIpc) is 1.97. The molecule has 0 saturated carbocycles. The lowest BCUT2D eigenvalue weighted by atomic mass is 10.2. The van der Waals surface area contributed by atoms with Gasteiger partial charge < -0.3 is 11.5 Å². The molecular formula is C7H14N2OS. The molecule has 0 aliphatic rings. The second-order valence-corrected chi connectivity index (χ2v) is 3.31. The number of thioether (sulfide) groups is 1. The van der Waals surface area contributed by atoms with Crippen LogP contribution in [0.1, 0.15) is 6.42 Å². The van der Waals surface area contributed by atoms with Crippen LogP contribution in [0.25, 0.3) is 0 Å². The van der Waals surface area contributed by atoms with Crippen molar-refractivity contribution in [3.8, 4) is 0 Å². The fraction of sp³-hybridized carbons (Fsp3) is 0.571. The van der Waals surface area contributed by atoms with Crippen LogP contribution >= 0.6 is 11.8 Å². The molecule has 1 atom stereocenters. The van der Waals surface area contributed by atoms with E-state index in [0.717, 1.165) is 11.5 Å². The van der Waals surface area contributed by atoms with Crippen molar-refractivity contribution in [2.75, 3.05) is 11.5 Å². The second kappa shape index (κ2) is 6.24. The SMILES string of the molecule is C=CCSCCC(N)C(N)=O. The van der Waals surface area contributed by atoms with Gasteiger partial charge in [-0.2, -0.15) is 11.8 Å². The molecule has 0 aromatic rings. The molecule has 0 fully saturated rings. The van der Waals surface area contributed by atoms with E-state index in [1.165, 1.54) is 0 Å². The highest BCUT2D eigenvalue weighted by atomic mass is 32.2. The summed E-state index contributed by atoms with van der Waals surface area (Å²) in [4.78, 5) is 10.4. The Hall–Kier alpha value is -0.480. The van der Waals surface area contributed by atoms with E-state index in [4.69, 9.17) is 11.5 Å². The third kappa shape index (κ3) is 5.94. The Morgan fingerprint density at radius 3 is 2.82 bits per heavy atom. The van der Waals surface area contributed by atoms with Crippen molar-refractivity contribution in [1.82, 2.24) is 0 Å². The van der Waals surface area contributed by atoms with E-state index in [1.807, 2.05) is 6.08 Å². The number of primary amides is 1. The fourth-order valence-corrected chi connectivity index (χ4v) is 1.27. The average molecular weight is 174 g/mol. The molecule has 0 aliphatic carbocycles. The Bertz CT molecular complexity index is 138. The van der Waals surface area contributed by atoms with Crippen LogP contribution in [-0.4, -0.2) is 23.5 Å². The summed E-state index contributed by atoms with van der Waals surface area (Å²) in [5, 5.41) is 0. The number of hydrogen-bond donors (Lipinski definition) is 2. The molecular weight excluding hydrogens is 160 g/mol. The van der Waals surface area contributed by atoms with Crippen LogP contribution in [0.3, 0.4) is 0 Å². The normalized spacial score (nSPS) is 12.5. The topological polar surface area (TPSA) is 69.1 Å². The number of hydrogen-bond acceptors (Lipinski definition) is 3. The van der Waals surface area contributed by atoms with Gasteiger partial charge in [-0.1, -0.05) is 6.08 Å². The number of carbonyl (C=O) groups excluding carboxylic acids is 1. The van der Waals surface area contributed by atoms with Gasteiger partial charge in [-0.25, -0.2) is 0 Å². The van der Waals surface area contributed by atoms with Crippen molar-refractivity contribution >= 4 is 17.7 Å². The molecule has 11 heavy (non-hydrogen) atoms. The maximum atomic E-state index is 10.4. The molecule has 1 unspecified atom stereocenters. The van der Waals surface area contributed by atoms with Crippen LogP contribution in [0.2, 0.25) is 0 Å². The molecule has 64 valence electrons. The van der Waals surface area contributed by atoms with Gasteiger partial charge in [-0.15, -0.1) is 6.58 Å². The van der Waals surface area contributed by atoms with E-state index >= 15 is 0 Å². The van der Waals surface area contributed by atoms with E-state index in [1.54, 1.807) is 11.8 Å². The molecule has 4 heteroatoms. The molecule has 0 aromatic carbocycles. The van der Waals surface area contributed by atoms with Gasteiger partial charge in [-0.05, 0) is 12.2 Å². The molecule has 0 heterocycles. The van der Waals surface area contributed by atoms with Gasteiger partial charge in [0.2, 0.25) is 5.91 Å². The third-order valence-electron chi connectivity index (χ3n) is 1.17. The molecule has 0 aliphatic heterocycles. The minimum Gasteiger partial charge on any atom is -0.368 e. The molecule has 0 rings (SSSR count). The Balaban J connectivity index is 3.24. The minimum atomic E-state index is -0.493. The maximum absolute atomic E-state index is 10.4. The Morgan fingerprint density at radius 1 is 1.73 bits per heavy atom. The number of rotatable bonds is 6. The van der Waals surface area contributed by atoms with E-state index in [0.29, 0.717) is 6.42 Å². The van der Waals surface area contributed by atoms with Gasteiger partial charge in [0.25, 0.3) is 0 Å². The van der Waals surface area contributed by atoms with E-state index in [-0.39, 0.29) is 0 Å². The lowest BCUT2D eigenvalue weighted by Gasteiger charge is -2.04. The highest BCUT2D eigenvalue weighted by Gasteiger charge is 2.07. The maximum Gasteiger partial charge on any atom is 0.234 e. The first-order valence-electron chi connectivity index (χ1n) is 3.42. The summed E-state index contributed by atoms with van der Waals surface area (Å²) in [5.41, 5.74) is 10.3. The predicted molar refractivity (Wildman–Crippen MR) is 49.3 cm³/mol. The van der Waals surface area contributed by atoms with Crippen LogP contribution in [0.4, 0.5) is 0 Å². The summed E-state index contributed by atoms with van der Waals surface area (Å²) < 4.78 is 0. The lowest BCUT2D eigenvalue weighted by Crippen LogP contribution is -2.36. The smallest absolute Gasteiger partial charge is 0.234 e. The van der Waals surface area contributed by atoms with Crippen LogP contribution < -0.4 is 11.5 Å². The monoisotopic (exact) mass is 174 g/mol. The largest absolute Gasteiger partial charge is 0.368 e. The van der Waals surface area contributed by atoms with Gasteiger partial charge in [0, 0.05) is 5.75 Å². The van der Waals surface area contributed by atoms with Gasteiger partial charge in [0.05, 0.1) is 6.04 Å². The zero-order valence-corrected chi connectivity index (χ0v) is 7.27. The number of amides is 1. The van der Waals surface area contributed by atoms with E-state index in [9.17, 15) is 4.79 Å². The molecule has 4 N–H and O–H groups in total. The van der Waals surface area contributed by atoms with Crippen LogP contribution in [-0.2, 0) is 4.79 Å². The zero-order chi connectivity index (χ0) is 8.69. The summed E-state index contributed by atoms with van der Waals surface area (Å²) in [6.07, 6.45) is 2.47. The van der Waals surface area contributed by atoms with Crippen molar-refractivity contribution in [3.05, 3.63) is 12.7 Å². The number of nitrogens with two attached hydrogens (primary N) is 2. The number of carbonyl (C=O) groups is 1. The Morgan fingerprint density at radius 2 is 2.36 bits per heavy atom. The molecule has 0 bridgehead atoms. The van der Waals surface area contributed by atoms with Crippen molar-refractivity contribution in [2.24, 2.45) is 11.5 Å². The van der Waals surface area contributed by atoms with Crippen molar-refractivity contribution in [3.63, 3.8) is 0 Å². The first kappa shape index (κ1) is 10.5. The lowest BCUT2D eigenvalue weighted by molar-refractivity contribution is -0.119. The quantitative estimate of drug-likeness (QED) is 0.443. The van der Waals surface area contributed by atoms with E-state index in [2.05, 4.69) is 6.58 Å². The first-order valence-corrected chi connectivity index (χ1v) is 4.57. The first-order chi connectivity index (χ1) is 5.18. The second-order valence-electron chi connectivity index (χ2n) is 2.16. The van der Waals surface area contributed by atoms with Gasteiger partial charge in [-0.3, -0.25) is 4.79 Å². The summed E-state index contributed by atoms with van der Waals surface area (Å²) in [6.45, 7) is 3.57. The summed E-state index contributed by atoms with van der Waals surface area (Å²) in [6, 6.07) is -0.493. The standard InChI is InChI=1S/C7H14N2OS/c1-2-4-11-5-3-6(8)7(9)10/h2,6H,1,3-5,8H2,(H2,9,10). The zero-order valence-electron chi connectivity index (χ0n) is 6.45. The molecule has 0 spiro atoms. The Labute approximate surface area is 71.2 Å². The van der Waals surface area contributed by atoms with Gasteiger partial charge in [0.15, 0.2) is 0 Å². The highest BCUT2D eigenvalue weighted by Crippen LogP contribution is 2.03. The Kier molecular flexibility index (Phi) is 5.97. The minimum absolute atomic E-state index is 0.427. The van der Waals surface area contributed by atoms with Crippen LogP contribution in [0.15, 0.2) is 12.7 Å². The third-order valence-corrected chi connectivity index (χ3v) is 2.17.